The van der Waals surface area contributed by atoms with Crippen molar-refractivity contribution >= 4 is 34.7 Å². The summed E-state index contributed by atoms with van der Waals surface area (Å²) in [5.41, 5.74) is 1.14. The van der Waals surface area contributed by atoms with Crippen LogP contribution in [0.25, 0.3) is 10.9 Å². The SMILES string of the molecule is C[C@H](NC(=O)[C@@H]1C[C@@H](F)CN1C(=O)CNC(=O)c1ccc2cc(F)ccc2n1)c1cc(C2CCCN(C(=O)OC(C)(C)C)C2)ccc1O. The second kappa shape index (κ2) is 14.1. The lowest BCUT2D eigenvalue weighted by Crippen LogP contribution is -2.49. The van der Waals surface area contributed by atoms with Crippen LogP contribution in [0.15, 0.2) is 48.5 Å². The Labute approximate surface area is 277 Å². The lowest BCUT2D eigenvalue weighted by Gasteiger charge is -2.34. The highest BCUT2D eigenvalue weighted by Crippen LogP contribution is 2.33. The summed E-state index contributed by atoms with van der Waals surface area (Å²) in [6.07, 6.45) is -0.418. The fraction of sp³-hybridized carbons (Fsp3) is 0.457. The summed E-state index contributed by atoms with van der Waals surface area (Å²) in [4.78, 5) is 58.9. The predicted molar refractivity (Wildman–Crippen MR) is 173 cm³/mol. The maximum absolute atomic E-state index is 14.6. The van der Waals surface area contributed by atoms with Gasteiger partial charge in [0.15, 0.2) is 0 Å². The predicted octanol–water partition coefficient (Wildman–Crippen LogP) is 4.74. The summed E-state index contributed by atoms with van der Waals surface area (Å²) in [5.74, 6) is -2.37. The highest BCUT2D eigenvalue weighted by atomic mass is 19.1. The minimum Gasteiger partial charge on any atom is -0.508 e. The van der Waals surface area contributed by atoms with Crippen molar-refractivity contribution in [2.75, 3.05) is 26.2 Å². The molecule has 3 aromatic rings. The number of hydrogen-bond acceptors (Lipinski definition) is 7. The molecule has 13 heteroatoms. The number of ether oxygens (including phenoxy) is 1. The van der Waals surface area contributed by atoms with E-state index in [1.165, 1.54) is 24.3 Å². The van der Waals surface area contributed by atoms with Gasteiger partial charge in [0.25, 0.3) is 5.91 Å². The summed E-state index contributed by atoms with van der Waals surface area (Å²) in [6.45, 7) is 7.37. The topological polar surface area (TPSA) is 141 Å². The number of pyridine rings is 1. The van der Waals surface area contributed by atoms with Gasteiger partial charge in [0.2, 0.25) is 11.8 Å². The number of aromatic nitrogens is 1. The van der Waals surface area contributed by atoms with Gasteiger partial charge in [0.05, 0.1) is 24.6 Å². The number of phenolic OH excluding ortho intramolecular Hbond substituents is 1. The zero-order valence-electron chi connectivity index (χ0n) is 27.5. The number of phenols is 1. The zero-order chi connectivity index (χ0) is 34.7. The molecule has 0 radical (unpaired) electrons. The van der Waals surface area contributed by atoms with Crippen LogP contribution in [-0.2, 0) is 14.3 Å². The molecule has 4 amide bonds. The van der Waals surface area contributed by atoms with Crippen LogP contribution in [-0.4, -0.2) is 87.7 Å². The number of carbonyl (C=O) groups excluding carboxylic acids is 4. The monoisotopic (exact) mass is 665 g/mol. The minimum absolute atomic E-state index is 0.00761. The van der Waals surface area contributed by atoms with Gasteiger partial charge in [-0.25, -0.2) is 18.6 Å². The van der Waals surface area contributed by atoms with Gasteiger partial charge in [-0.05, 0) is 82.5 Å². The third kappa shape index (κ3) is 8.18. The van der Waals surface area contributed by atoms with Gasteiger partial charge in [0, 0.05) is 36.4 Å². The van der Waals surface area contributed by atoms with Crippen molar-refractivity contribution in [3.8, 4) is 5.75 Å². The van der Waals surface area contributed by atoms with Crippen LogP contribution in [0.3, 0.4) is 0 Å². The Hall–Kier alpha value is -4.81. The third-order valence-corrected chi connectivity index (χ3v) is 8.58. The number of alkyl halides is 1. The number of piperidine rings is 1. The average molecular weight is 666 g/mol. The first-order chi connectivity index (χ1) is 22.7. The van der Waals surface area contributed by atoms with Crippen molar-refractivity contribution < 1.29 is 37.8 Å². The number of nitrogens with zero attached hydrogens (tertiary/aromatic N) is 3. The number of likely N-dealkylation sites (tertiary alicyclic amines) is 2. The molecule has 2 aromatic carbocycles. The number of aromatic hydroxyl groups is 1. The van der Waals surface area contributed by atoms with Crippen LogP contribution in [0.4, 0.5) is 13.6 Å². The molecule has 5 rings (SSSR count). The lowest BCUT2D eigenvalue weighted by molar-refractivity contribution is -0.138. The van der Waals surface area contributed by atoms with E-state index in [1.54, 1.807) is 36.1 Å². The van der Waals surface area contributed by atoms with E-state index >= 15 is 0 Å². The Morgan fingerprint density at radius 2 is 1.85 bits per heavy atom. The van der Waals surface area contributed by atoms with E-state index in [2.05, 4.69) is 15.6 Å². The van der Waals surface area contributed by atoms with Crippen molar-refractivity contribution in [2.45, 2.75) is 76.7 Å². The first-order valence-electron chi connectivity index (χ1n) is 16.1. The van der Waals surface area contributed by atoms with E-state index in [9.17, 15) is 33.1 Å². The van der Waals surface area contributed by atoms with Gasteiger partial charge >= 0.3 is 6.09 Å². The maximum Gasteiger partial charge on any atom is 0.410 e. The first-order valence-corrected chi connectivity index (χ1v) is 16.1. The standard InChI is InChI=1S/C35H41F2N5O6/c1-20(26-15-21(8-12-30(26)43)23-6-5-13-41(18-23)34(47)48-35(2,3)4)39-33(46)29-16-25(37)19-42(29)31(44)17-38-32(45)28-10-7-22-14-24(36)9-11-27(22)40-28/h7-12,14-15,20,23,25,29,43H,5-6,13,16-19H2,1-4H3,(H,38,45)(H,39,46)/t20-,23?,25+,29-/m0/s1. The molecular formula is C35H41F2N5O6. The number of fused-ring (bicyclic) bond motifs is 1. The second-order valence-corrected chi connectivity index (χ2v) is 13.4. The smallest absolute Gasteiger partial charge is 0.410 e. The number of hydrogen-bond donors (Lipinski definition) is 3. The molecular weight excluding hydrogens is 624 g/mol. The third-order valence-electron chi connectivity index (χ3n) is 8.58. The van der Waals surface area contributed by atoms with Gasteiger partial charge in [0.1, 0.15) is 35.1 Å². The molecule has 48 heavy (non-hydrogen) atoms. The molecule has 3 N–H and O–H groups in total. The molecule has 0 aliphatic carbocycles. The number of halogens is 2. The zero-order valence-corrected chi connectivity index (χ0v) is 27.5. The highest BCUT2D eigenvalue weighted by molar-refractivity contribution is 5.97. The fourth-order valence-electron chi connectivity index (χ4n) is 6.18. The Kier molecular flexibility index (Phi) is 10.2. The van der Waals surface area contributed by atoms with E-state index in [4.69, 9.17) is 4.74 Å². The van der Waals surface area contributed by atoms with Crippen LogP contribution in [0.2, 0.25) is 0 Å². The normalized spacial score (nSPS) is 20.3. The van der Waals surface area contributed by atoms with Crippen molar-refractivity contribution in [3.05, 3.63) is 71.2 Å². The fourth-order valence-corrected chi connectivity index (χ4v) is 6.18. The second-order valence-electron chi connectivity index (χ2n) is 13.4. The molecule has 2 aliphatic rings. The van der Waals surface area contributed by atoms with E-state index < -0.39 is 53.9 Å². The van der Waals surface area contributed by atoms with Crippen molar-refractivity contribution in [1.29, 1.82) is 0 Å². The van der Waals surface area contributed by atoms with Gasteiger partial charge in [-0.3, -0.25) is 14.4 Å². The molecule has 2 saturated heterocycles. The molecule has 1 aromatic heterocycles. The van der Waals surface area contributed by atoms with Crippen molar-refractivity contribution in [1.82, 2.24) is 25.4 Å². The van der Waals surface area contributed by atoms with Crippen LogP contribution in [0.1, 0.15) is 80.5 Å². The van der Waals surface area contributed by atoms with Gasteiger partial charge in [-0.2, -0.15) is 0 Å². The quantitative estimate of drug-likeness (QED) is 0.331. The molecule has 2 aliphatic heterocycles. The van der Waals surface area contributed by atoms with Gasteiger partial charge < -0.3 is 30.3 Å². The van der Waals surface area contributed by atoms with Gasteiger partial charge in [-0.15, -0.1) is 0 Å². The van der Waals surface area contributed by atoms with Crippen molar-refractivity contribution in [2.24, 2.45) is 0 Å². The maximum atomic E-state index is 14.6. The Morgan fingerprint density at radius 1 is 1.08 bits per heavy atom. The van der Waals surface area contributed by atoms with E-state index in [0.717, 1.165) is 23.3 Å². The van der Waals surface area contributed by atoms with Crippen LogP contribution in [0.5, 0.6) is 5.75 Å². The number of rotatable bonds is 7. The Morgan fingerprint density at radius 3 is 2.60 bits per heavy atom. The highest BCUT2D eigenvalue weighted by Gasteiger charge is 2.40. The summed E-state index contributed by atoms with van der Waals surface area (Å²) < 4.78 is 33.6. The molecule has 1 unspecified atom stereocenters. The van der Waals surface area contributed by atoms with Gasteiger partial charge in [-0.1, -0.05) is 12.1 Å². The number of carbonyl (C=O) groups is 4. The molecule has 4 atom stereocenters. The summed E-state index contributed by atoms with van der Waals surface area (Å²) >= 11 is 0. The van der Waals surface area contributed by atoms with E-state index in [-0.39, 0.29) is 36.4 Å². The molecule has 0 spiro atoms. The molecule has 0 bridgehead atoms. The largest absolute Gasteiger partial charge is 0.508 e. The summed E-state index contributed by atoms with van der Waals surface area (Å²) in [5, 5.41) is 16.5. The average Bonchev–Trinajstić information content (AvgIpc) is 3.44. The molecule has 256 valence electrons. The minimum atomic E-state index is -1.44. The number of nitrogens with one attached hydrogen (secondary N) is 2. The Bertz CT molecular complexity index is 1710. The molecule has 3 heterocycles. The van der Waals surface area contributed by atoms with Crippen LogP contribution < -0.4 is 10.6 Å². The first kappa shape index (κ1) is 34.5. The van der Waals surface area contributed by atoms with Crippen LogP contribution >= 0.6 is 0 Å². The molecule has 2 fully saturated rings. The summed E-state index contributed by atoms with van der Waals surface area (Å²) in [7, 11) is 0. The Balaban J connectivity index is 1.20. The lowest BCUT2D eigenvalue weighted by atomic mass is 9.88. The van der Waals surface area contributed by atoms with E-state index in [0.29, 0.717) is 29.6 Å². The van der Waals surface area contributed by atoms with Crippen LogP contribution in [0, 0.1) is 5.82 Å². The summed E-state index contributed by atoms with van der Waals surface area (Å²) in [6, 6.07) is 10.2. The van der Waals surface area contributed by atoms with Crippen molar-refractivity contribution in [3.63, 3.8) is 0 Å². The number of amides is 4. The molecule has 0 saturated carbocycles. The number of benzene rings is 2. The molecule has 11 nitrogen and oxygen atoms in total. The van der Waals surface area contributed by atoms with E-state index in [1.807, 2.05) is 20.8 Å².